The predicted molar refractivity (Wildman–Crippen MR) is 120 cm³/mol. The lowest BCUT2D eigenvalue weighted by atomic mass is 9.78. The van der Waals surface area contributed by atoms with Gasteiger partial charge in [0.1, 0.15) is 10.9 Å². The number of carbonyl (C=O) groups is 1. The molecule has 5 nitrogen and oxygen atoms in total. The van der Waals surface area contributed by atoms with Crippen LogP contribution in [0.3, 0.4) is 0 Å². The van der Waals surface area contributed by atoms with Crippen molar-refractivity contribution in [2.24, 2.45) is 5.92 Å². The van der Waals surface area contributed by atoms with Crippen molar-refractivity contribution in [2.75, 3.05) is 4.90 Å². The molecule has 0 spiro atoms. The number of fused-ring (bicyclic) bond motifs is 1. The van der Waals surface area contributed by atoms with E-state index in [1.807, 2.05) is 6.92 Å². The molecule has 0 radical (unpaired) electrons. The van der Waals surface area contributed by atoms with E-state index in [4.69, 9.17) is 0 Å². The zero-order valence-corrected chi connectivity index (χ0v) is 18.8. The molecule has 1 saturated heterocycles. The first-order chi connectivity index (χ1) is 15.6. The molecule has 2 fully saturated rings. The first-order valence-corrected chi connectivity index (χ1v) is 11.9. The largest absolute Gasteiger partial charge is 0.416 e. The zero-order chi connectivity index (χ0) is 23.5. The topological polar surface area (TPSA) is 72.8 Å². The number of para-hydroxylation sites is 1. The molecule has 1 aliphatic carbocycles. The first-order valence-electron chi connectivity index (χ1n) is 11.0. The number of alkyl halides is 3. The fraction of sp³-hybridized carbons (Fsp3) is 0.458. The number of anilines is 1. The average Bonchev–Trinajstić information content (AvgIpc) is 3.02. The molecule has 3 unspecified atom stereocenters. The number of hydrogen-bond acceptors (Lipinski definition) is 5. The van der Waals surface area contributed by atoms with Crippen LogP contribution in [0.2, 0.25) is 0 Å². The molecule has 1 saturated carbocycles. The summed E-state index contributed by atoms with van der Waals surface area (Å²) in [5.74, 6) is -1.49. The third kappa shape index (κ3) is 3.84. The normalized spacial score (nSPS) is 28.3. The van der Waals surface area contributed by atoms with Crippen LogP contribution in [0.25, 0.3) is 0 Å². The van der Waals surface area contributed by atoms with Crippen LogP contribution in [-0.2, 0) is 12.7 Å². The van der Waals surface area contributed by atoms with E-state index < -0.39 is 40.5 Å². The molecule has 5 rings (SSSR count). The van der Waals surface area contributed by atoms with Crippen LogP contribution in [0.5, 0.6) is 0 Å². The van der Waals surface area contributed by atoms with Crippen molar-refractivity contribution in [3.05, 3.63) is 64.7 Å². The summed E-state index contributed by atoms with van der Waals surface area (Å²) >= 11 is 0.870. The van der Waals surface area contributed by atoms with Gasteiger partial charge in [0.15, 0.2) is 0 Å². The van der Waals surface area contributed by atoms with Crippen LogP contribution >= 0.6 is 11.8 Å². The molecule has 3 atom stereocenters. The summed E-state index contributed by atoms with van der Waals surface area (Å²) in [6.07, 6.45) is -1.69. The molecule has 33 heavy (non-hydrogen) atoms. The number of halogens is 3. The van der Waals surface area contributed by atoms with Gasteiger partial charge in [0.25, 0.3) is 5.91 Å². The number of benzene rings is 2. The van der Waals surface area contributed by atoms with Crippen molar-refractivity contribution in [3.8, 4) is 0 Å². The molecule has 2 aromatic carbocycles. The second-order valence-corrected chi connectivity index (χ2v) is 10.6. The minimum absolute atomic E-state index is 0.0226. The second-order valence-electron chi connectivity index (χ2n) is 9.32. The quantitative estimate of drug-likeness (QED) is 0.593. The van der Waals surface area contributed by atoms with Gasteiger partial charge in [-0.1, -0.05) is 30.0 Å². The van der Waals surface area contributed by atoms with Crippen LogP contribution in [0.15, 0.2) is 42.5 Å². The SMILES string of the molecule is CC1(NCc2cc3c(c(C(F)(F)F)c2)C(C2C(O)SC2O)N(c2ccccc2)C3=O)CCC1. The summed E-state index contributed by atoms with van der Waals surface area (Å²) in [5, 5.41) is 24.0. The third-order valence-corrected chi connectivity index (χ3v) is 8.27. The molecule has 3 aliphatic rings. The number of aliphatic hydroxyl groups is 2. The van der Waals surface area contributed by atoms with Crippen LogP contribution in [0.4, 0.5) is 18.9 Å². The molecular formula is C24H25F3N2O3S. The molecule has 2 aliphatic heterocycles. The Balaban J connectivity index is 1.63. The van der Waals surface area contributed by atoms with Gasteiger partial charge in [0.2, 0.25) is 0 Å². The second kappa shape index (κ2) is 8.01. The fourth-order valence-electron chi connectivity index (χ4n) is 5.05. The molecule has 176 valence electrons. The Morgan fingerprint density at radius 1 is 1.15 bits per heavy atom. The Kier molecular flexibility index (Phi) is 5.51. The van der Waals surface area contributed by atoms with Gasteiger partial charge in [-0.25, -0.2) is 0 Å². The van der Waals surface area contributed by atoms with Crippen LogP contribution in [0.1, 0.15) is 59.3 Å². The maximum atomic E-state index is 14.3. The molecule has 2 heterocycles. The van der Waals surface area contributed by atoms with Crippen LogP contribution in [0, 0.1) is 5.92 Å². The Labute approximate surface area is 194 Å². The summed E-state index contributed by atoms with van der Waals surface area (Å²) in [4.78, 5) is 14.8. The van der Waals surface area contributed by atoms with Crippen LogP contribution in [-0.4, -0.2) is 32.5 Å². The highest BCUT2D eigenvalue weighted by Gasteiger charge is 2.55. The first kappa shape index (κ1) is 22.7. The zero-order valence-electron chi connectivity index (χ0n) is 18.0. The van der Waals surface area contributed by atoms with Gasteiger partial charge < -0.3 is 20.4 Å². The van der Waals surface area contributed by atoms with Gasteiger partial charge in [-0.3, -0.25) is 4.79 Å². The maximum Gasteiger partial charge on any atom is 0.416 e. The lowest BCUT2D eigenvalue weighted by molar-refractivity contribution is -0.138. The Morgan fingerprint density at radius 2 is 1.82 bits per heavy atom. The molecule has 9 heteroatoms. The lowest BCUT2D eigenvalue weighted by Gasteiger charge is -2.44. The smallest absolute Gasteiger partial charge is 0.382 e. The van der Waals surface area contributed by atoms with E-state index in [9.17, 15) is 28.2 Å². The average molecular weight is 479 g/mol. The van der Waals surface area contributed by atoms with E-state index >= 15 is 0 Å². The molecule has 1 amide bonds. The lowest BCUT2D eigenvalue weighted by Crippen LogP contribution is -2.48. The standard InChI is InChI=1S/C24H25F3N2O3S/c1-23(8-5-9-23)28-12-13-10-15-17(16(11-13)24(25,26)27)19(18-21(31)33-22(18)32)29(20(15)30)14-6-3-2-4-7-14/h2-4,6-7,10-11,18-19,21-22,28,31-32H,5,8-9,12H2,1H3. The molecule has 2 aromatic rings. The Bertz CT molecular complexity index is 1070. The monoisotopic (exact) mass is 478 g/mol. The number of nitrogens with one attached hydrogen (secondary N) is 1. The van der Waals surface area contributed by atoms with Crippen molar-refractivity contribution < 1.29 is 28.2 Å². The van der Waals surface area contributed by atoms with Crippen molar-refractivity contribution in [1.29, 1.82) is 0 Å². The van der Waals surface area contributed by atoms with Crippen molar-refractivity contribution in [2.45, 2.75) is 61.4 Å². The fourth-order valence-corrected chi connectivity index (χ4v) is 6.02. The highest BCUT2D eigenvalue weighted by atomic mass is 32.2. The van der Waals surface area contributed by atoms with Crippen LogP contribution < -0.4 is 10.2 Å². The van der Waals surface area contributed by atoms with Gasteiger partial charge in [0, 0.05) is 28.9 Å². The summed E-state index contributed by atoms with van der Waals surface area (Å²) in [6.45, 7) is 2.27. The number of nitrogens with zero attached hydrogens (tertiary/aromatic N) is 1. The van der Waals surface area contributed by atoms with E-state index in [2.05, 4.69) is 5.32 Å². The van der Waals surface area contributed by atoms with Crippen molar-refractivity contribution in [3.63, 3.8) is 0 Å². The predicted octanol–water partition coefficient (Wildman–Crippen LogP) is 4.44. The van der Waals surface area contributed by atoms with Gasteiger partial charge >= 0.3 is 6.18 Å². The molecule has 0 bridgehead atoms. The highest BCUT2D eigenvalue weighted by Crippen LogP contribution is 2.55. The number of thioether (sulfide) groups is 1. The Morgan fingerprint density at radius 3 is 2.36 bits per heavy atom. The summed E-state index contributed by atoms with van der Waals surface area (Å²) < 4.78 is 42.9. The highest BCUT2D eigenvalue weighted by molar-refractivity contribution is 8.01. The summed E-state index contributed by atoms with van der Waals surface area (Å²) in [7, 11) is 0. The number of rotatable bonds is 5. The van der Waals surface area contributed by atoms with E-state index in [1.54, 1.807) is 30.3 Å². The van der Waals surface area contributed by atoms with Gasteiger partial charge in [-0.15, -0.1) is 0 Å². The maximum absolute atomic E-state index is 14.3. The van der Waals surface area contributed by atoms with Gasteiger partial charge in [0.05, 0.1) is 17.5 Å². The third-order valence-electron chi connectivity index (χ3n) is 7.08. The minimum atomic E-state index is -4.70. The number of amides is 1. The number of hydrogen-bond donors (Lipinski definition) is 3. The summed E-state index contributed by atoms with van der Waals surface area (Å²) in [6, 6.07) is 9.96. The minimum Gasteiger partial charge on any atom is -0.382 e. The van der Waals surface area contributed by atoms with E-state index in [1.165, 1.54) is 11.0 Å². The molecule has 0 aromatic heterocycles. The summed E-state index contributed by atoms with van der Waals surface area (Å²) in [5.41, 5.74) is -2.51. The van der Waals surface area contributed by atoms with Crippen molar-refractivity contribution >= 4 is 23.4 Å². The van der Waals surface area contributed by atoms with E-state index in [0.29, 0.717) is 11.3 Å². The van der Waals surface area contributed by atoms with Gasteiger partial charge in [-0.2, -0.15) is 13.2 Å². The molecule has 3 N–H and O–H groups in total. The Hall–Kier alpha value is -2.07. The number of carbonyl (C=O) groups excluding carboxylic acids is 1. The number of aliphatic hydroxyl groups excluding tert-OH is 2. The van der Waals surface area contributed by atoms with E-state index in [0.717, 1.165) is 37.1 Å². The van der Waals surface area contributed by atoms with E-state index in [-0.39, 0.29) is 23.2 Å². The van der Waals surface area contributed by atoms with Gasteiger partial charge in [-0.05, 0) is 56.0 Å². The van der Waals surface area contributed by atoms with Crippen molar-refractivity contribution in [1.82, 2.24) is 5.32 Å². The molecular weight excluding hydrogens is 453 g/mol.